The predicted octanol–water partition coefficient (Wildman–Crippen LogP) is 2.08. The van der Waals surface area contributed by atoms with Crippen LogP contribution in [0.2, 0.25) is 4.47 Å². The molecule has 19 heavy (non-hydrogen) atoms. The van der Waals surface area contributed by atoms with Crippen molar-refractivity contribution in [3.63, 3.8) is 0 Å². The van der Waals surface area contributed by atoms with E-state index in [1.807, 2.05) is 0 Å². The van der Waals surface area contributed by atoms with Gasteiger partial charge < -0.3 is 5.11 Å². The van der Waals surface area contributed by atoms with Crippen LogP contribution in [-0.2, 0) is 10.0 Å². The quantitative estimate of drug-likeness (QED) is 0.888. The van der Waals surface area contributed by atoms with Crippen LogP contribution >= 0.6 is 22.9 Å². The fourth-order valence-electron chi connectivity index (χ4n) is 2.45. The number of aryl methyl sites for hydroxylation is 1. The van der Waals surface area contributed by atoms with Crippen molar-refractivity contribution in [1.29, 1.82) is 0 Å². The molecule has 0 saturated heterocycles. The Bertz CT molecular complexity index is 550. The van der Waals surface area contributed by atoms with Crippen LogP contribution in [0.4, 0.5) is 0 Å². The van der Waals surface area contributed by atoms with Gasteiger partial charge in [0, 0.05) is 0 Å². The van der Waals surface area contributed by atoms with E-state index in [2.05, 4.69) is 9.71 Å². The van der Waals surface area contributed by atoms with E-state index in [0.717, 1.165) is 30.6 Å². The van der Waals surface area contributed by atoms with Gasteiger partial charge in [-0.3, -0.25) is 0 Å². The van der Waals surface area contributed by atoms with Gasteiger partial charge in [-0.25, -0.2) is 18.1 Å². The molecule has 1 heterocycles. The molecule has 0 spiro atoms. The van der Waals surface area contributed by atoms with E-state index in [-0.39, 0.29) is 15.3 Å². The van der Waals surface area contributed by atoms with Crippen molar-refractivity contribution < 1.29 is 13.5 Å². The Hall–Kier alpha value is -0.210. The molecule has 2 N–H and O–H groups in total. The van der Waals surface area contributed by atoms with E-state index in [9.17, 15) is 13.5 Å². The van der Waals surface area contributed by atoms with Crippen molar-refractivity contribution >= 4 is 33.0 Å². The van der Waals surface area contributed by atoms with Gasteiger partial charge in [-0.15, -0.1) is 0 Å². The zero-order chi connectivity index (χ0) is 14.1. The molecule has 1 fully saturated rings. The molecule has 1 aliphatic rings. The van der Waals surface area contributed by atoms with Gasteiger partial charge in [0.25, 0.3) is 10.0 Å². The lowest BCUT2D eigenvalue weighted by molar-refractivity contribution is 0.142. The predicted molar refractivity (Wildman–Crippen MR) is 75.1 cm³/mol. The number of aromatic nitrogens is 1. The normalized spacial score (nSPS) is 19.5. The summed E-state index contributed by atoms with van der Waals surface area (Å²) >= 11 is 6.69. The van der Waals surface area contributed by atoms with Crippen LogP contribution in [0, 0.1) is 6.92 Å². The first kappa shape index (κ1) is 15.2. The van der Waals surface area contributed by atoms with Crippen molar-refractivity contribution in [3.8, 4) is 0 Å². The van der Waals surface area contributed by atoms with Crippen molar-refractivity contribution in [2.45, 2.75) is 48.8 Å². The van der Waals surface area contributed by atoms with Gasteiger partial charge in [-0.1, -0.05) is 42.2 Å². The van der Waals surface area contributed by atoms with Gasteiger partial charge >= 0.3 is 0 Å². The standard InChI is InChI=1S/C11H17ClN2O3S2/c1-8-9(18-10(12)13-8)19(16,17)14-11(7-15)5-3-2-4-6-11/h14-15H,2-7H2,1H3. The van der Waals surface area contributed by atoms with Crippen LogP contribution in [0.3, 0.4) is 0 Å². The van der Waals surface area contributed by atoms with E-state index in [1.165, 1.54) is 0 Å². The molecule has 0 amide bonds. The molecule has 1 aliphatic carbocycles. The third kappa shape index (κ3) is 3.28. The maximum absolute atomic E-state index is 12.4. The summed E-state index contributed by atoms with van der Waals surface area (Å²) in [5.74, 6) is 0. The lowest BCUT2D eigenvalue weighted by atomic mass is 9.83. The maximum atomic E-state index is 12.4. The van der Waals surface area contributed by atoms with Crippen LogP contribution < -0.4 is 4.72 Å². The van der Waals surface area contributed by atoms with Crippen LogP contribution in [-0.4, -0.2) is 30.7 Å². The first-order chi connectivity index (χ1) is 8.88. The molecule has 0 bridgehead atoms. The Morgan fingerprint density at radius 1 is 1.42 bits per heavy atom. The van der Waals surface area contributed by atoms with Crippen molar-refractivity contribution in [2.24, 2.45) is 0 Å². The lowest BCUT2D eigenvalue weighted by Gasteiger charge is -2.35. The minimum absolute atomic E-state index is 0.135. The van der Waals surface area contributed by atoms with Crippen LogP contribution in [0.5, 0.6) is 0 Å². The average molecular weight is 325 g/mol. The summed E-state index contributed by atoms with van der Waals surface area (Å²) in [6, 6.07) is 0. The topological polar surface area (TPSA) is 79.3 Å². The van der Waals surface area contributed by atoms with Crippen molar-refractivity contribution in [3.05, 3.63) is 10.2 Å². The van der Waals surface area contributed by atoms with Crippen molar-refractivity contribution in [2.75, 3.05) is 6.61 Å². The second-order valence-electron chi connectivity index (χ2n) is 4.94. The lowest BCUT2D eigenvalue weighted by Crippen LogP contribution is -2.52. The Kier molecular flexibility index (Phi) is 4.52. The van der Waals surface area contributed by atoms with E-state index >= 15 is 0 Å². The number of sulfonamides is 1. The van der Waals surface area contributed by atoms with Crippen LogP contribution in [0.25, 0.3) is 0 Å². The summed E-state index contributed by atoms with van der Waals surface area (Å²) in [5, 5.41) is 9.56. The molecule has 0 atom stereocenters. The first-order valence-electron chi connectivity index (χ1n) is 6.16. The minimum Gasteiger partial charge on any atom is -0.394 e. The number of aliphatic hydroxyl groups is 1. The summed E-state index contributed by atoms with van der Waals surface area (Å²) in [6.07, 6.45) is 4.24. The summed E-state index contributed by atoms with van der Waals surface area (Å²) in [6.45, 7) is 1.43. The van der Waals surface area contributed by atoms with Gasteiger partial charge in [0.05, 0.1) is 17.8 Å². The largest absolute Gasteiger partial charge is 0.394 e. The Morgan fingerprint density at radius 2 is 2.05 bits per heavy atom. The van der Waals surface area contributed by atoms with E-state index in [1.54, 1.807) is 6.92 Å². The Morgan fingerprint density at radius 3 is 2.53 bits per heavy atom. The zero-order valence-corrected chi connectivity index (χ0v) is 13.0. The summed E-state index contributed by atoms with van der Waals surface area (Å²) in [4.78, 5) is 3.92. The maximum Gasteiger partial charge on any atom is 0.252 e. The van der Waals surface area contributed by atoms with Crippen LogP contribution in [0.15, 0.2) is 4.21 Å². The van der Waals surface area contributed by atoms with Gasteiger partial charge in [-0.05, 0) is 19.8 Å². The molecule has 1 aromatic rings. The number of nitrogens with one attached hydrogen (secondary N) is 1. The van der Waals surface area contributed by atoms with Gasteiger partial charge in [0.1, 0.15) is 0 Å². The molecule has 0 unspecified atom stereocenters. The van der Waals surface area contributed by atoms with Gasteiger partial charge in [0.15, 0.2) is 8.68 Å². The Labute approximate surface area is 122 Å². The minimum atomic E-state index is -3.68. The molecule has 0 aliphatic heterocycles. The smallest absolute Gasteiger partial charge is 0.252 e. The molecule has 1 saturated carbocycles. The van der Waals surface area contributed by atoms with Gasteiger partial charge in [0.2, 0.25) is 0 Å². The summed E-state index contributed by atoms with van der Waals surface area (Å²) in [5.41, 5.74) is -0.341. The van der Waals surface area contributed by atoms with Crippen molar-refractivity contribution in [1.82, 2.24) is 9.71 Å². The zero-order valence-electron chi connectivity index (χ0n) is 10.6. The third-order valence-corrected chi connectivity index (χ3v) is 6.89. The molecule has 2 rings (SSSR count). The third-order valence-electron chi connectivity index (χ3n) is 3.44. The molecule has 0 aromatic carbocycles. The molecule has 8 heteroatoms. The van der Waals surface area contributed by atoms with E-state index < -0.39 is 15.6 Å². The molecule has 0 radical (unpaired) electrons. The number of halogens is 1. The highest BCUT2D eigenvalue weighted by atomic mass is 35.5. The summed E-state index contributed by atoms with van der Waals surface area (Å²) < 4.78 is 27.8. The highest BCUT2D eigenvalue weighted by Gasteiger charge is 2.37. The van der Waals surface area contributed by atoms with Gasteiger partial charge in [-0.2, -0.15) is 0 Å². The number of thiazole rings is 1. The molecular formula is C11H17ClN2O3S2. The molecular weight excluding hydrogens is 308 g/mol. The SMILES string of the molecule is Cc1nc(Cl)sc1S(=O)(=O)NC1(CO)CCCCC1. The monoisotopic (exact) mass is 324 g/mol. The highest BCUT2D eigenvalue weighted by Crippen LogP contribution is 2.32. The van der Waals surface area contributed by atoms with E-state index in [4.69, 9.17) is 11.6 Å². The number of hydrogen-bond acceptors (Lipinski definition) is 5. The van der Waals surface area contributed by atoms with Crippen LogP contribution in [0.1, 0.15) is 37.8 Å². The first-order valence-corrected chi connectivity index (χ1v) is 8.84. The second kappa shape index (κ2) is 5.65. The summed E-state index contributed by atoms with van der Waals surface area (Å²) in [7, 11) is -3.68. The molecule has 108 valence electrons. The molecule has 5 nitrogen and oxygen atoms in total. The fourth-order valence-corrected chi connectivity index (χ4v) is 5.64. The fraction of sp³-hybridized carbons (Fsp3) is 0.727. The average Bonchev–Trinajstić information content (AvgIpc) is 2.70. The highest BCUT2D eigenvalue weighted by molar-refractivity contribution is 7.91. The molecule has 1 aromatic heterocycles. The number of rotatable bonds is 4. The number of hydrogen-bond donors (Lipinski definition) is 2. The second-order valence-corrected chi connectivity index (χ2v) is 8.40. The van der Waals surface area contributed by atoms with E-state index in [0.29, 0.717) is 18.5 Å². The number of aliphatic hydroxyl groups excluding tert-OH is 1. The number of nitrogens with zero attached hydrogens (tertiary/aromatic N) is 1. The Balaban J connectivity index is 2.27.